The van der Waals surface area contributed by atoms with Crippen LogP contribution in [0.1, 0.15) is 17.5 Å². The van der Waals surface area contributed by atoms with Gasteiger partial charge in [0.15, 0.2) is 0 Å². The van der Waals surface area contributed by atoms with Crippen LogP contribution in [0, 0.1) is 10.1 Å². The highest BCUT2D eigenvalue weighted by Crippen LogP contribution is 2.43. The molecule has 1 heterocycles. The van der Waals surface area contributed by atoms with E-state index in [1.54, 1.807) is 0 Å². The van der Waals surface area contributed by atoms with Gasteiger partial charge in [-0.3, -0.25) is 10.1 Å². The van der Waals surface area contributed by atoms with E-state index in [0.717, 1.165) is 24.5 Å². The number of nitrogens with two attached hydrogens (primary N) is 1. The summed E-state index contributed by atoms with van der Waals surface area (Å²) in [6.07, 6.45) is 1.70. The second-order valence-electron chi connectivity index (χ2n) is 6.88. The third kappa shape index (κ3) is 3.07. The lowest BCUT2D eigenvalue weighted by atomic mass is 9.93. The van der Waals surface area contributed by atoms with Gasteiger partial charge in [-0.15, -0.1) is 0 Å². The Kier molecular flexibility index (Phi) is 4.17. The van der Waals surface area contributed by atoms with Crippen LogP contribution in [0.4, 0.5) is 11.4 Å². The lowest BCUT2D eigenvalue weighted by molar-refractivity contribution is -0.385. The summed E-state index contributed by atoms with van der Waals surface area (Å²) in [5, 5.41) is 16.4. The number of ether oxygens (including phenoxy) is 1. The molecule has 1 aliphatic heterocycles. The lowest BCUT2D eigenvalue weighted by Gasteiger charge is -2.42. The summed E-state index contributed by atoms with van der Waals surface area (Å²) in [4.78, 5) is 12.1. The van der Waals surface area contributed by atoms with E-state index >= 15 is 0 Å². The molecule has 2 aromatic rings. The summed E-state index contributed by atoms with van der Waals surface area (Å²) in [6, 6.07) is 11.9. The minimum absolute atomic E-state index is 0.236. The van der Waals surface area contributed by atoms with E-state index in [4.69, 9.17) is 9.88 Å². The SMILES string of the molecule is NS(=O)(=O)c1cc([N+](=O)[O-])ccc1N1CCOC2(CCc3ccccc32)C1. The number of rotatable bonds is 3. The maximum atomic E-state index is 12.1. The standard InChI is InChI=1S/C18H19N3O5S/c19-27(24,25)17-11-14(21(22)23)5-6-16(17)20-9-10-26-18(12-20)8-7-13-3-1-2-4-15(13)18/h1-6,11H,7-10,12H2,(H2,19,24,25). The van der Waals surface area contributed by atoms with E-state index in [1.165, 1.54) is 17.7 Å². The molecule has 4 rings (SSSR count). The van der Waals surface area contributed by atoms with Crippen LogP contribution in [0.15, 0.2) is 47.4 Å². The summed E-state index contributed by atoms with van der Waals surface area (Å²) in [5.41, 5.74) is 1.90. The van der Waals surface area contributed by atoms with Gasteiger partial charge in [-0.1, -0.05) is 24.3 Å². The Hall–Kier alpha value is -2.49. The van der Waals surface area contributed by atoms with Crippen molar-refractivity contribution in [3.63, 3.8) is 0 Å². The second kappa shape index (κ2) is 6.29. The van der Waals surface area contributed by atoms with Gasteiger partial charge in [0.2, 0.25) is 10.0 Å². The Balaban J connectivity index is 1.76. The molecule has 0 amide bonds. The number of sulfonamides is 1. The largest absolute Gasteiger partial charge is 0.367 e. The highest BCUT2D eigenvalue weighted by Gasteiger charge is 2.44. The Bertz CT molecular complexity index is 1020. The van der Waals surface area contributed by atoms with Gasteiger partial charge in [0.05, 0.1) is 23.8 Å². The van der Waals surface area contributed by atoms with Gasteiger partial charge < -0.3 is 9.64 Å². The molecule has 1 saturated heterocycles. The molecular formula is C18H19N3O5S. The van der Waals surface area contributed by atoms with Crippen molar-refractivity contribution < 1.29 is 18.1 Å². The number of nitrogens with zero attached hydrogens (tertiary/aromatic N) is 2. The van der Waals surface area contributed by atoms with Crippen molar-refractivity contribution >= 4 is 21.4 Å². The Labute approximate surface area is 156 Å². The first-order valence-corrected chi connectivity index (χ1v) is 10.1. The van der Waals surface area contributed by atoms with Crippen LogP contribution in [0.3, 0.4) is 0 Å². The number of morpholine rings is 1. The molecule has 1 aliphatic carbocycles. The fourth-order valence-electron chi connectivity index (χ4n) is 4.06. The fourth-order valence-corrected chi connectivity index (χ4v) is 4.84. The van der Waals surface area contributed by atoms with Crippen LogP contribution < -0.4 is 10.0 Å². The third-order valence-corrected chi connectivity index (χ3v) is 6.23. The maximum Gasteiger partial charge on any atom is 0.270 e. The lowest BCUT2D eigenvalue weighted by Crippen LogP contribution is -2.49. The highest BCUT2D eigenvalue weighted by atomic mass is 32.2. The molecule has 0 radical (unpaired) electrons. The van der Waals surface area contributed by atoms with Gasteiger partial charge in [-0.25, -0.2) is 13.6 Å². The van der Waals surface area contributed by atoms with E-state index < -0.39 is 20.5 Å². The van der Waals surface area contributed by atoms with Gasteiger partial charge in [-0.2, -0.15) is 0 Å². The van der Waals surface area contributed by atoms with Crippen molar-refractivity contribution in [2.45, 2.75) is 23.3 Å². The Morgan fingerprint density at radius 3 is 2.74 bits per heavy atom. The molecule has 2 aliphatic rings. The Morgan fingerprint density at radius 1 is 1.22 bits per heavy atom. The van der Waals surface area contributed by atoms with Crippen molar-refractivity contribution in [3.05, 3.63) is 63.7 Å². The van der Waals surface area contributed by atoms with Crippen molar-refractivity contribution in [1.29, 1.82) is 0 Å². The van der Waals surface area contributed by atoms with Crippen LogP contribution in [-0.2, 0) is 26.8 Å². The average Bonchev–Trinajstić information content (AvgIpc) is 2.99. The van der Waals surface area contributed by atoms with Crippen LogP contribution in [0.25, 0.3) is 0 Å². The number of nitro benzene ring substituents is 1. The van der Waals surface area contributed by atoms with Gasteiger partial charge in [0.25, 0.3) is 5.69 Å². The molecule has 9 heteroatoms. The molecule has 8 nitrogen and oxygen atoms in total. The quantitative estimate of drug-likeness (QED) is 0.633. The first-order chi connectivity index (χ1) is 12.8. The smallest absolute Gasteiger partial charge is 0.270 e. The summed E-state index contributed by atoms with van der Waals surface area (Å²) < 4.78 is 30.3. The number of benzene rings is 2. The molecule has 1 atom stereocenters. The van der Waals surface area contributed by atoms with Gasteiger partial charge >= 0.3 is 0 Å². The summed E-state index contributed by atoms with van der Waals surface area (Å²) >= 11 is 0. The molecule has 0 saturated carbocycles. The maximum absolute atomic E-state index is 12.1. The minimum Gasteiger partial charge on any atom is -0.367 e. The average molecular weight is 389 g/mol. The molecule has 142 valence electrons. The molecule has 27 heavy (non-hydrogen) atoms. The summed E-state index contributed by atoms with van der Waals surface area (Å²) in [5.74, 6) is 0. The Morgan fingerprint density at radius 2 is 2.00 bits per heavy atom. The van der Waals surface area contributed by atoms with E-state index in [0.29, 0.717) is 25.4 Å². The summed E-state index contributed by atoms with van der Waals surface area (Å²) in [6.45, 7) is 1.37. The number of hydrogen-bond donors (Lipinski definition) is 1. The number of nitro groups is 1. The van der Waals surface area contributed by atoms with Gasteiger partial charge in [0, 0.05) is 18.7 Å². The second-order valence-corrected chi connectivity index (χ2v) is 8.41. The minimum atomic E-state index is -4.12. The zero-order valence-corrected chi connectivity index (χ0v) is 15.3. The van der Waals surface area contributed by atoms with Crippen molar-refractivity contribution in [3.8, 4) is 0 Å². The van der Waals surface area contributed by atoms with Crippen LogP contribution >= 0.6 is 0 Å². The zero-order valence-electron chi connectivity index (χ0n) is 14.5. The number of fused-ring (bicyclic) bond motifs is 2. The number of aryl methyl sites for hydroxylation is 1. The number of hydrogen-bond acceptors (Lipinski definition) is 6. The molecule has 1 spiro atoms. The van der Waals surface area contributed by atoms with E-state index in [9.17, 15) is 18.5 Å². The summed E-state index contributed by atoms with van der Waals surface area (Å²) in [7, 11) is -4.12. The van der Waals surface area contributed by atoms with Gasteiger partial charge in [-0.05, 0) is 30.0 Å². The molecule has 0 aromatic heterocycles. The van der Waals surface area contributed by atoms with Crippen LogP contribution in [0.2, 0.25) is 0 Å². The first kappa shape index (κ1) is 17.9. The van der Waals surface area contributed by atoms with Crippen LogP contribution in [0.5, 0.6) is 0 Å². The number of non-ortho nitro benzene ring substituents is 1. The molecule has 2 aromatic carbocycles. The molecule has 2 N–H and O–H groups in total. The predicted octanol–water partition coefficient (Wildman–Crippen LogP) is 1.92. The molecule has 1 fully saturated rings. The van der Waals surface area contributed by atoms with Crippen molar-refractivity contribution in [1.82, 2.24) is 0 Å². The molecule has 1 unspecified atom stereocenters. The van der Waals surface area contributed by atoms with Gasteiger partial charge in [0.1, 0.15) is 10.5 Å². The monoisotopic (exact) mass is 389 g/mol. The van der Waals surface area contributed by atoms with Crippen molar-refractivity contribution in [2.24, 2.45) is 5.14 Å². The predicted molar refractivity (Wildman–Crippen MR) is 99.1 cm³/mol. The van der Waals surface area contributed by atoms with E-state index in [-0.39, 0.29) is 10.6 Å². The number of primary sulfonamides is 1. The highest BCUT2D eigenvalue weighted by molar-refractivity contribution is 7.89. The number of anilines is 1. The van der Waals surface area contributed by atoms with E-state index in [2.05, 4.69) is 6.07 Å². The molecular weight excluding hydrogens is 370 g/mol. The fraction of sp³-hybridized carbons (Fsp3) is 0.333. The first-order valence-electron chi connectivity index (χ1n) is 8.59. The zero-order chi connectivity index (χ0) is 19.2. The topological polar surface area (TPSA) is 116 Å². The van der Waals surface area contributed by atoms with E-state index in [1.807, 2.05) is 23.1 Å². The molecule has 0 bridgehead atoms. The third-order valence-electron chi connectivity index (χ3n) is 5.29. The van der Waals surface area contributed by atoms with Crippen LogP contribution in [-0.4, -0.2) is 33.0 Å². The van der Waals surface area contributed by atoms with Crippen molar-refractivity contribution in [2.75, 3.05) is 24.6 Å². The normalized spacial score (nSPS) is 22.0.